The molecule has 0 bridgehead atoms. The minimum Gasteiger partial charge on any atom is -0.352 e. The maximum absolute atomic E-state index is 2.49. The highest BCUT2D eigenvalue weighted by molar-refractivity contribution is 5.76. The van der Waals surface area contributed by atoms with Crippen molar-refractivity contribution < 1.29 is 18.8 Å². The Morgan fingerprint density at radius 2 is 1.40 bits per heavy atom. The van der Waals surface area contributed by atoms with Crippen LogP contribution in [0.1, 0.15) is 26.7 Å². The predicted molar refractivity (Wildman–Crippen MR) is 86.5 cm³/mol. The second-order valence-corrected chi connectivity index (χ2v) is 4.10. The van der Waals surface area contributed by atoms with Gasteiger partial charge in [-0.1, -0.05) is 25.5 Å². The first kappa shape index (κ1) is 27.0. The second-order valence-electron chi connectivity index (χ2n) is 4.10. The summed E-state index contributed by atoms with van der Waals surface area (Å²) in [7, 11) is 0. The molecule has 120 valence electrons. The molecule has 0 aliphatic carbocycles. The zero-order valence-corrected chi connectivity index (χ0v) is 11.4. The van der Waals surface area contributed by atoms with Crippen molar-refractivity contribution in [3.8, 4) is 0 Å². The fourth-order valence-corrected chi connectivity index (χ4v) is 2.17. The van der Waals surface area contributed by atoms with Gasteiger partial charge in [0, 0.05) is 13.1 Å². The molecule has 0 amide bonds. The molecular formula is C13H27BF4N2. The number of halogens is 4. The summed E-state index contributed by atoms with van der Waals surface area (Å²) >= 11 is 0. The average Bonchev–Trinajstić information content (AvgIpc) is 2.65. The smallest absolute Gasteiger partial charge is 0.0904 e. The molecular weight excluding hydrogens is 271 g/mol. The van der Waals surface area contributed by atoms with Gasteiger partial charge in [-0.15, -0.1) is 0 Å². The number of unbranched alkanes of at least 4 members (excludes halogenated alkanes) is 1. The van der Waals surface area contributed by atoms with E-state index in [9.17, 15) is 0 Å². The van der Waals surface area contributed by atoms with Crippen LogP contribution in [0.4, 0.5) is 30.2 Å². The third-order valence-electron chi connectivity index (χ3n) is 3.07. The molecule has 1 aromatic rings. The number of fused-ring (bicyclic) bond motifs is 1. The van der Waals surface area contributed by atoms with Gasteiger partial charge < -0.3 is 9.80 Å². The van der Waals surface area contributed by atoms with Gasteiger partial charge in [0.2, 0.25) is 0 Å². The van der Waals surface area contributed by atoms with Gasteiger partial charge >= 0.3 is 0 Å². The summed E-state index contributed by atoms with van der Waals surface area (Å²) in [6.07, 6.45) is 2.55. The molecule has 0 unspecified atom stereocenters. The minimum absolute atomic E-state index is 0. The maximum atomic E-state index is 2.49. The lowest BCUT2D eigenvalue weighted by Crippen LogP contribution is -2.31. The number of anilines is 2. The molecule has 0 atom stereocenters. The van der Waals surface area contributed by atoms with Crippen LogP contribution in [0.3, 0.4) is 0 Å². The number of para-hydroxylation sites is 2. The van der Waals surface area contributed by atoms with E-state index in [1.54, 1.807) is 0 Å². The maximum Gasteiger partial charge on any atom is 0.0904 e. The van der Waals surface area contributed by atoms with Crippen LogP contribution in [-0.4, -0.2) is 28.2 Å². The number of hydrogen-bond donors (Lipinski definition) is 0. The summed E-state index contributed by atoms with van der Waals surface area (Å²) in [5.41, 5.74) is 2.81. The van der Waals surface area contributed by atoms with Crippen molar-refractivity contribution >= 4 is 19.8 Å². The predicted octanol–water partition coefficient (Wildman–Crippen LogP) is 2.52. The Hall–Kier alpha value is -1.40. The monoisotopic (exact) mass is 298 g/mol. The van der Waals surface area contributed by atoms with Crippen molar-refractivity contribution in [1.82, 2.24) is 0 Å². The Balaban J connectivity index is -0.000000256. The topological polar surface area (TPSA) is 6.48 Å². The van der Waals surface area contributed by atoms with E-state index in [-0.39, 0.29) is 27.2 Å². The van der Waals surface area contributed by atoms with Crippen molar-refractivity contribution in [2.75, 3.05) is 29.6 Å². The molecule has 0 fully saturated rings. The van der Waals surface area contributed by atoms with Gasteiger partial charge in [0.25, 0.3) is 0 Å². The van der Waals surface area contributed by atoms with Crippen molar-refractivity contribution in [2.45, 2.75) is 26.7 Å². The molecule has 1 aliphatic heterocycles. The highest BCUT2D eigenvalue weighted by Crippen LogP contribution is 2.35. The highest BCUT2D eigenvalue weighted by Gasteiger charge is 2.22. The zero-order valence-electron chi connectivity index (χ0n) is 11.4. The Labute approximate surface area is 120 Å². The lowest BCUT2D eigenvalue weighted by atomic mass is 10.2. The standard InChI is InChI=1S/C13H20N2.BH3.4FH/c1-3-5-10-15-11-14(4-2)12-8-6-7-9-13(12)15;;;;;/h6-9H,3-5,10-11H2,1-2H3;1H3;4*1H. The first-order chi connectivity index (χ1) is 7.36. The Bertz CT molecular complexity index is 342. The number of benzene rings is 1. The van der Waals surface area contributed by atoms with Crippen LogP contribution < -0.4 is 9.80 Å². The quantitative estimate of drug-likeness (QED) is 0.622. The molecule has 2 rings (SSSR count). The molecule has 0 spiro atoms. The first-order valence-corrected chi connectivity index (χ1v) is 5.95. The van der Waals surface area contributed by atoms with Gasteiger partial charge in [-0.25, -0.2) is 0 Å². The zero-order chi connectivity index (χ0) is 10.7. The van der Waals surface area contributed by atoms with E-state index in [2.05, 4.69) is 47.9 Å². The highest BCUT2D eigenvalue weighted by atomic mass is 19.0. The summed E-state index contributed by atoms with van der Waals surface area (Å²) < 4.78 is 0. The van der Waals surface area contributed by atoms with Crippen LogP contribution in [-0.2, 0) is 0 Å². The van der Waals surface area contributed by atoms with E-state index in [1.165, 1.54) is 30.8 Å². The lowest BCUT2D eigenvalue weighted by molar-refractivity contribution is 0.717. The molecule has 0 radical (unpaired) electrons. The van der Waals surface area contributed by atoms with Crippen LogP contribution in [0.2, 0.25) is 0 Å². The van der Waals surface area contributed by atoms with E-state index < -0.39 is 0 Å². The molecule has 1 aromatic carbocycles. The van der Waals surface area contributed by atoms with Crippen LogP contribution in [0.25, 0.3) is 0 Å². The van der Waals surface area contributed by atoms with Gasteiger partial charge in [-0.3, -0.25) is 18.8 Å². The Morgan fingerprint density at radius 3 is 1.85 bits per heavy atom. The van der Waals surface area contributed by atoms with Crippen LogP contribution in [0.15, 0.2) is 24.3 Å². The molecule has 0 aromatic heterocycles. The average molecular weight is 298 g/mol. The molecule has 20 heavy (non-hydrogen) atoms. The number of rotatable bonds is 4. The van der Waals surface area contributed by atoms with Gasteiger partial charge in [0.1, 0.15) is 0 Å². The normalized spacial score (nSPS) is 10.9. The lowest BCUT2D eigenvalue weighted by Gasteiger charge is -2.20. The van der Waals surface area contributed by atoms with Crippen molar-refractivity contribution in [3.05, 3.63) is 24.3 Å². The molecule has 0 saturated carbocycles. The van der Waals surface area contributed by atoms with E-state index in [0.29, 0.717) is 0 Å². The van der Waals surface area contributed by atoms with E-state index >= 15 is 0 Å². The largest absolute Gasteiger partial charge is 0.352 e. The summed E-state index contributed by atoms with van der Waals surface area (Å²) in [5, 5.41) is 0. The molecule has 7 heteroatoms. The van der Waals surface area contributed by atoms with E-state index in [1.807, 2.05) is 0 Å². The Morgan fingerprint density at radius 1 is 0.900 bits per heavy atom. The fourth-order valence-electron chi connectivity index (χ4n) is 2.17. The van der Waals surface area contributed by atoms with Gasteiger partial charge in [-0.05, 0) is 25.5 Å². The van der Waals surface area contributed by atoms with Gasteiger partial charge in [-0.2, -0.15) is 0 Å². The van der Waals surface area contributed by atoms with Crippen molar-refractivity contribution in [1.29, 1.82) is 0 Å². The summed E-state index contributed by atoms with van der Waals surface area (Å²) in [4.78, 5) is 4.92. The van der Waals surface area contributed by atoms with Gasteiger partial charge in [0.15, 0.2) is 0 Å². The third-order valence-corrected chi connectivity index (χ3v) is 3.07. The fraction of sp³-hybridized carbons (Fsp3) is 0.538. The SMILES string of the molecule is B.CCCCN1CN(CC)c2ccccc21.F.F.F.F. The molecule has 0 saturated heterocycles. The van der Waals surface area contributed by atoms with Crippen molar-refractivity contribution in [3.63, 3.8) is 0 Å². The molecule has 1 heterocycles. The molecule has 2 nitrogen and oxygen atoms in total. The summed E-state index contributed by atoms with van der Waals surface area (Å²) in [6.45, 7) is 7.82. The molecule has 0 N–H and O–H groups in total. The second kappa shape index (κ2) is 12.6. The Kier molecular flexibility index (Phi) is 17.1. The van der Waals surface area contributed by atoms with Crippen LogP contribution in [0, 0.1) is 0 Å². The van der Waals surface area contributed by atoms with Crippen LogP contribution in [0.5, 0.6) is 0 Å². The first-order valence-electron chi connectivity index (χ1n) is 5.95. The number of hydrogen-bond acceptors (Lipinski definition) is 2. The summed E-state index contributed by atoms with van der Waals surface area (Å²) in [6, 6.07) is 8.73. The van der Waals surface area contributed by atoms with E-state index in [4.69, 9.17) is 0 Å². The minimum atomic E-state index is 0. The van der Waals surface area contributed by atoms with Crippen molar-refractivity contribution in [2.24, 2.45) is 0 Å². The van der Waals surface area contributed by atoms with Crippen LogP contribution >= 0.6 is 0 Å². The van der Waals surface area contributed by atoms with E-state index in [0.717, 1.165) is 13.2 Å². The molecule has 1 aliphatic rings. The summed E-state index contributed by atoms with van der Waals surface area (Å²) in [5.74, 6) is 0. The van der Waals surface area contributed by atoms with Gasteiger partial charge in [0.05, 0.1) is 26.5 Å². The third kappa shape index (κ3) is 5.31. The number of nitrogens with zero attached hydrogens (tertiary/aromatic N) is 2.